The number of carboxylic acid groups (broad SMARTS) is 1. The lowest BCUT2D eigenvalue weighted by molar-refractivity contribution is -0.156. The van der Waals surface area contributed by atoms with Gasteiger partial charge < -0.3 is 9.84 Å². The van der Waals surface area contributed by atoms with E-state index in [4.69, 9.17) is 4.74 Å². The van der Waals surface area contributed by atoms with E-state index in [1.807, 2.05) is 26.8 Å². The van der Waals surface area contributed by atoms with Crippen molar-refractivity contribution < 1.29 is 14.6 Å². The van der Waals surface area contributed by atoms with Gasteiger partial charge in [0.2, 0.25) is 0 Å². The van der Waals surface area contributed by atoms with E-state index < -0.39 is 11.4 Å². The Balaban J connectivity index is 3.48. The first kappa shape index (κ1) is 18.0. The Labute approximate surface area is 129 Å². The lowest BCUT2D eigenvalue weighted by Gasteiger charge is -2.48. The standard InChI is InChI=1S/C18H30O3/c1-7-13-11-14(8-2)15(9-10-21-6)18(12-13,16(19)20)17(3,4)5/h11-12,15H,7-10H2,1-6H3,(H,19,20). The minimum absolute atomic E-state index is 0.00440. The van der Waals surface area contributed by atoms with Gasteiger partial charge >= 0.3 is 5.97 Å². The zero-order chi connectivity index (χ0) is 16.3. The molecule has 1 rings (SSSR count). The van der Waals surface area contributed by atoms with Gasteiger partial charge in [-0.15, -0.1) is 0 Å². The third-order valence-corrected chi connectivity index (χ3v) is 4.80. The molecule has 0 aromatic heterocycles. The van der Waals surface area contributed by atoms with Crippen LogP contribution < -0.4 is 0 Å². The fraction of sp³-hybridized carbons (Fsp3) is 0.722. The molecule has 3 nitrogen and oxygen atoms in total. The molecule has 0 aromatic rings. The number of carbonyl (C=O) groups is 1. The molecule has 0 aliphatic heterocycles. The van der Waals surface area contributed by atoms with E-state index in [0.29, 0.717) is 6.61 Å². The Morgan fingerprint density at radius 1 is 1.33 bits per heavy atom. The summed E-state index contributed by atoms with van der Waals surface area (Å²) in [5.41, 5.74) is 1.16. The molecule has 120 valence electrons. The van der Waals surface area contributed by atoms with Crippen molar-refractivity contribution in [1.29, 1.82) is 0 Å². The van der Waals surface area contributed by atoms with Crippen LogP contribution in [0.2, 0.25) is 0 Å². The number of hydrogen-bond donors (Lipinski definition) is 1. The summed E-state index contributed by atoms with van der Waals surface area (Å²) in [6.07, 6.45) is 6.71. The van der Waals surface area contributed by atoms with Crippen LogP contribution in [-0.4, -0.2) is 24.8 Å². The van der Waals surface area contributed by atoms with Crippen molar-refractivity contribution in [3.63, 3.8) is 0 Å². The fourth-order valence-corrected chi connectivity index (χ4v) is 3.54. The molecule has 0 amide bonds. The monoisotopic (exact) mass is 294 g/mol. The first-order chi connectivity index (χ1) is 9.74. The molecule has 1 aliphatic rings. The number of allylic oxidation sites excluding steroid dienone is 3. The van der Waals surface area contributed by atoms with Crippen molar-refractivity contribution in [2.75, 3.05) is 13.7 Å². The molecule has 0 spiro atoms. The van der Waals surface area contributed by atoms with Gasteiger partial charge in [0.25, 0.3) is 0 Å². The molecule has 0 radical (unpaired) electrons. The molecule has 2 unspecified atom stereocenters. The summed E-state index contributed by atoms with van der Waals surface area (Å²) in [7, 11) is 1.67. The van der Waals surface area contributed by atoms with Gasteiger partial charge in [0.1, 0.15) is 0 Å². The van der Waals surface area contributed by atoms with E-state index in [1.165, 1.54) is 5.57 Å². The molecule has 0 heterocycles. The van der Waals surface area contributed by atoms with Gasteiger partial charge in [0.05, 0.1) is 5.41 Å². The number of ether oxygens (including phenoxy) is 1. The second kappa shape index (κ2) is 6.78. The van der Waals surface area contributed by atoms with Crippen LogP contribution in [0.25, 0.3) is 0 Å². The lowest BCUT2D eigenvalue weighted by Crippen LogP contribution is -2.49. The van der Waals surface area contributed by atoms with E-state index in [0.717, 1.165) is 24.8 Å². The van der Waals surface area contributed by atoms with Gasteiger partial charge in [-0.2, -0.15) is 0 Å². The molecule has 0 bridgehead atoms. The minimum Gasteiger partial charge on any atom is -0.481 e. The Morgan fingerprint density at radius 3 is 2.33 bits per heavy atom. The van der Waals surface area contributed by atoms with E-state index in [2.05, 4.69) is 19.9 Å². The van der Waals surface area contributed by atoms with Crippen molar-refractivity contribution in [2.45, 2.75) is 53.9 Å². The average Bonchev–Trinajstić information content (AvgIpc) is 2.42. The van der Waals surface area contributed by atoms with Crippen LogP contribution >= 0.6 is 0 Å². The first-order valence-electron chi connectivity index (χ1n) is 7.89. The third-order valence-electron chi connectivity index (χ3n) is 4.80. The predicted octanol–water partition coefficient (Wildman–Crippen LogP) is 4.44. The molecule has 0 aromatic carbocycles. The summed E-state index contributed by atoms with van der Waals surface area (Å²) in [5, 5.41) is 10.1. The second-order valence-corrected chi connectivity index (χ2v) is 6.90. The lowest BCUT2D eigenvalue weighted by atomic mass is 9.54. The Bertz CT molecular complexity index is 440. The van der Waals surface area contributed by atoms with Gasteiger partial charge in [0.15, 0.2) is 0 Å². The van der Waals surface area contributed by atoms with Gasteiger partial charge in [0, 0.05) is 19.6 Å². The predicted molar refractivity (Wildman–Crippen MR) is 86.3 cm³/mol. The van der Waals surface area contributed by atoms with Crippen molar-refractivity contribution in [2.24, 2.45) is 16.7 Å². The molecular weight excluding hydrogens is 264 g/mol. The molecule has 0 saturated carbocycles. The highest BCUT2D eigenvalue weighted by atomic mass is 16.5. The Kier molecular flexibility index (Phi) is 5.80. The maximum absolute atomic E-state index is 12.3. The second-order valence-electron chi connectivity index (χ2n) is 6.90. The summed E-state index contributed by atoms with van der Waals surface area (Å²) in [6, 6.07) is 0. The van der Waals surface area contributed by atoms with Crippen LogP contribution in [0.3, 0.4) is 0 Å². The molecule has 0 saturated heterocycles. The summed E-state index contributed by atoms with van der Waals surface area (Å²) < 4.78 is 5.24. The summed E-state index contributed by atoms with van der Waals surface area (Å²) in [4.78, 5) is 12.3. The van der Waals surface area contributed by atoms with E-state index in [1.54, 1.807) is 7.11 Å². The minimum atomic E-state index is -0.864. The SMILES string of the molecule is CCC1=CC(C(=O)O)(C(C)(C)C)C(CCOC)C(CC)=C1. The van der Waals surface area contributed by atoms with Crippen molar-refractivity contribution in [3.8, 4) is 0 Å². The van der Waals surface area contributed by atoms with Crippen LogP contribution in [0.5, 0.6) is 0 Å². The molecule has 1 aliphatic carbocycles. The van der Waals surface area contributed by atoms with Gasteiger partial charge in [-0.05, 0) is 24.7 Å². The van der Waals surface area contributed by atoms with Crippen LogP contribution in [0.15, 0.2) is 23.3 Å². The third kappa shape index (κ3) is 3.23. The fourth-order valence-electron chi connectivity index (χ4n) is 3.54. The van der Waals surface area contributed by atoms with Crippen molar-refractivity contribution in [3.05, 3.63) is 23.3 Å². The number of hydrogen-bond acceptors (Lipinski definition) is 2. The molecule has 2 atom stereocenters. The van der Waals surface area contributed by atoms with E-state index >= 15 is 0 Å². The maximum Gasteiger partial charge on any atom is 0.314 e. The van der Waals surface area contributed by atoms with Crippen LogP contribution in [0.4, 0.5) is 0 Å². The van der Waals surface area contributed by atoms with Crippen LogP contribution in [0, 0.1) is 16.7 Å². The maximum atomic E-state index is 12.3. The highest BCUT2D eigenvalue weighted by molar-refractivity contribution is 5.80. The van der Waals surface area contributed by atoms with Crippen LogP contribution in [-0.2, 0) is 9.53 Å². The topological polar surface area (TPSA) is 46.5 Å². The first-order valence-corrected chi connectivity index (χ1v) is 7.89. The number of rotatable bonds is 6. The number of carboxylic acids is 1. The van der Waals surface area contributed by atoms with Crippen molar-refractivity contribution in [1.82, 2.24) is 0 Å². The summed E-state index contributed by atoms with van der Waals surface area (Å²) >= 11 is 0. The quantitative estimate of drug-likeness (QED) is 0.787. The number of aliphatic carboxylic acids is 1. The number of methoxy groups -OCH3 is 1. The molecule has 1 N–H and O–H groups in total. The highest BCUT2D eigenvalue weighted by Crippen LogP contribution is 2.54. The average molecular weight is 294 g/mol. The van der Waals surface area contributed by atoms with Gasteiger partial charge in [-0.25, -0.2) is 0 Å². The van der Waals surface area contributed by atoms with Gasteiger partial charge in [-0.3, -0.25) is 4.79 Å². The smallest absolute Gasteiger partial charge is 0.314 e. The normalized spacial score (nSPS) is 26.3. The Hall–Kier alpha value is -1.09. The largest absolute Gasteiger partial charge is 0.481 e. The molecule has 21 heavy (non-hydrogen) atoms. The summed E-state index contributed by atoms with van der Waals surface area (Å²) in [5.74, 6) is -0.726. The van der Waals surface area contributed by atoms with Crippen molar-refractivity contribution >= 4 is 5.97 Å². The Morgan fingerprint density at radius 2 is 1.95 bits per heavy atom. The summed E-state index contributed by atoms with van der Waals surface area (Å²) in [6.45, 7) is 10.9. The molecule has 3 heteroatoms. The van der Waals surface area contributed by atoms with Crippen LogP contribution in [0.1, 0.15) is 53.9 Å². The zero-order valence-electron chi connectivity index (χ0n) is 14.3. The highest BCUT2D eigenvalue weighted by Gasteiger charge is 2.54. The molecular formula is C18H30O3. The van der Waals surface area contributed by atoms with E-state index in [-0.39, 0.29) is 11.3 Å². The van der Waals surface area contributed by atoms with E-state index in [9.17, 15) is 9.90 Å². The van der Waals surface area contributed by atoms with Gasteiger partial charge in [-0.1, -0.05) is 57.9 Å². The molecule has 0 fully saturated rings. The zero-order valence-corrected chi connectivity index (χ0v) is 14.3.